The van der Waals surface area contributed by atoms with Crippen molar-refractivity contribution in [3.63, 3.8) is 0 Å². The number of ether oxygens (including phenoxy) is 1. The van der Waals surface area contributed by atoms with Gasteiger partial charge in [-0.3, -0.25) is 0 Å². The summed E-state index contributed by atoms with van der Waals surface area (Å²) in [7, 11) is 1.65. The standard InChI is InChI=1S/C16H16N4O/c1-21-12-6-4-5-11(9-12)10-18-16-19-14-8-3-2-7-13(14)15(17)20-16/h2-9H,10H2,1H3,(H3,17,18,19,20). The van der Waals surface area contributed by atoms with Crippen LogP contribution >= 0.6 is 0 Å². The maximum atomic E-state index is 5.96. The first-order chi connectivity index (χ1) is 10.3. The molecule has 1 aromatic heterocycles. The molecule has 0 aliphatic heterocycles. The Bertz CT molecular complexity index is 773. The van der Waals surface area contributed by atoms with E-state index in [9.17, 15) is 0 Å². The Morgan fingerprint density at radius 2 is 1.95 bits per heavy atom. The Labute approximate surface area is 122 Å². The molecule has 106 valence electrons. The van der Waals surface area contributed by atoms with Gasteiger partial charge in [-0.1, -0.05) is 24.3 Å². The van der Waals surface area contributed by atoms with Crippen LogP contribution in [-0.4, -0.2) is 17.1 Å². The van der Waals surface area contributed by atoms with Crippen LogP contribution in [0.15, 0.2) is 48.5 Å². The second-order valence-electron chi connectivity index (χ2n) is 4.65. The highest BCUT2D eigenvalue weighted by Crippen LogP contribution is 2.19. The summed E-state index contributed by atoms with van der Waals surface area (Å²) in [5.41, 5.74) is 7.88. The van der Waals surface area contributed by atoms with Gasteiger partial charge >= 0.3 is 0 Å². The highest BCUT2D eigenvalue weighted by atomic mass is 16.5. The van der Waals surface area contributed by atoms with E-state index in [-0.39, 0.29) is 0 Å². The zero-order valence-corrected chi connectivity index (χ0v) is 11.7. The van der Waals surface area contributed by atoms with Crippen LogP contribution in [0.4, 0.5) is 11.8 Å². The number of hydrogen-bond donors (Lipinski definition) is 2. The number of nitrogens with zero attached hydrogens (tertiary/aromatic N) is 2. The van der Waals surface area contributed by atoms with Crippen molar-refractivity contribution in [3.05, 3.63) is 54.1 Å². The molecule has 0 atom stereocenters. The number of methoxy groups -OCH3 is 1. The van der Waals surface area contributed by atoms with E-state index in [1.54, 1.807) is 7.11 Å². The average Bonchev–Trinajstić information content (AvgIpc) is 2.53. The Morgan fingerprint density at radius 3 is 2.81 bits per heavy atom. The van der Waals surface area contributed by atoms with Crippen molar-refractivity contribution in [2.45, 2.75) is 6.54 Å². The second kappa shape index (κ2) is 5.66. The zero-order chi connectivity index (χ0) is 14.7. The first kappa shape index (κ1) is 13.2. The topological polar surface area (TPSA) is 73.1 Å². The van der Waals surface area contributed by atoms with Gasteiger partial charge < -0.3 is 15.8 Å². The molecule has 0 unspecified atom stereocenters. The summed E-state index contributed by atoms with van der Waals surface area (Å²) in [5, 5.41) is 4.05. The van der Waals surface area contributed by atoms with E-state index in [0.29, 0.717) is 18.3 Å². The van der Waals surface area contributed by atoms with Crippen LogP contribution in [0.1, 0.15) is 5.56 Å². The van der Waals surface area contributed by atoms with Crippen LogP contribution in [-0.2, 0) is 6.54 Å². The molecule has 0 saturated heterocycles. The Kier molecular flexibility index (Phi) is 3.55. The maximum Gasteiger partial charge on any atom is 0.225 e. The molecule has 0 aliphatic rings. The fraction of sp³-hybridized carbons (Fsp3) is 0.125. The molecule has 1 heterocycles. The number of hydrogen-bond acceptors (Lipinski definition) is 5. The number of para-hydroxylation sites is 1. The van der Waals surface area contributed by atoms with Gasteiger partial charge in [0.25, 0.3) is 0 Å². The minimum atomic E-state index is 0.480. The van der Waals surface area contributed by atoms with Crippen molar-refractivity contribution in [2.75, 3.05) is 18.2 Å². The van der Waals surface area contributed by atoms with Crippen molar-refractivity contribution in [2.24, 2.45) is 0 Å². The predicted octanol–water partition coefficient (Wildman–Crippen LogP) is 2.83. The summed E-state index contributed by atoms with van der Waals surface area (Å²) in [6.45, 7) is 0.606. The van der Waals surface area contributed by atoms with E-state index in [0.717, 1.165) is 22.2 Å². The van der Waals surface area contributed by atoms with Gasteiger partial charge in [0.05, 0.1) is 12.6 Å². The van der Waals surface area contributed by atoms with E-state index in [2.05, 4.69) is 15.3 Å². The monoisotopic (exact) mass is 280 g/mol. The molecule has 3 rings (SSSR count). The minimum Gasteiger partial charge on any atom is -0.497 e. The molecule has 2 aromatic carbocycles. The molecule has 0 fully saturated rings. The number of fused-ring (bicyclic) bond motifs is 1. The molecule has 0 aliphatic carbocycles. The molecule has 5 heteroatoms. The number of nitrogen functional groups attached to an aromatic ring is 1. The number of rotatable bonds is 4. The van der Waals surface area contributed by atoms with E-state index in [1.807, 2.05) is 48.5 Å². The van der Waals surface area contributed by atoms with E-state index in [1.165, 1.54) is 0 Å². The Hall–Kier alpha value is -2.82. The number of anilines is 2. The summed E-state index contributed by atoms with van der Waals surface area (Å²) in [5.74, 6) is 1.83. The number of aromatic nitrogens is 2. The molecule has 0 saturated carbocycles. The average molecular weight is 280 g/mol. The Balaban J connectivity index is 1.81. The molecular formula is C16H16N4O. The van der Waals surface area contributed by atoms with Gasteiger partial charge in [0.1, 0.15) is 11.6 Å². The summed E-state index contributed by atoms with van der Waals surface area (Å²) in [6, 6.07) is 15.5. The van der Waals surface area contributed by atoms with Crippen molar-refractivity contribution in [1.29, 1.82) is 0 Å². The van der Waals surface area contributed by atoms with Crippen molar-refractivity contribution >= 4 is 22.7 Å². The third kappa shape index (κ3) is 2.86. The lowest BCUT2D eigenvalue weighted by Gasteiger charge is -2.08. The van der Waals surface area contributed by atoms with Crippen LogP contribution in [0, 0.1) is 0 Å². The highest BCUT2D eigenvalue weighted by molar-refractivity contribution is 5.88. The zero-order valence-electron chi connectivity index (χ0n) is 11.7. The van der Waals surface area contributed by atoms with Crippen LogP contribution in [0.5, 0.6) is 5.75 Å². The number of nitrogens with one attached hydrogen (secondary N) is 1. The lowest BCUT2D eigenvalue weighted by Crippen LogP contribution is -2.06. The molecule has 0 amide bonds. The first-order valence-corrected chi connectivity index (χ1v) is 6.65. The van der Waals surface area contributed by atoms with Gasteiger partial charge in [0.2, 0.25) is 5.95 Å². The molecule has 21 heavy (non-hydrogen) atoms. The van der Waals surface area contributed by atoms with E-state index in [4.69, 9.17) is 10.5 Å². The first-order valence-electron chi connectivity index (χ1n) is 6.65. The SMILES string of the molecule is COc1cccc(CNc2nc(N)c3ccccc3n2)c1. The van der Waals surface area contributed by atoms with Crippen LogP contribution in [0.2, 0.25) is 0 Å². The van der Waals surface area contributed by atoms with Crippen molar-refractivity contribution in [3.8, 4) is 5.75 Å². The molecule has 3 aromatic rings. The van der Waals surface area contributed by atoms with Crippen molar-refractivity contribution < 1.29 is 4.74 Å². The quantitative estimate of drug-likeness (QED) is 0.768. The minimum absolute atomic E-state index is 0.480. The number of benzene rings is 2. The van der Waals surface area contributed by atoms with E-state index < -0.39 is 0 Å². The predicted molar refractivity (Wildman–Crippen MR) is 84.3 cm³/mol. The summed E-state index contributed by atoms with van der Waals surface area (Å²) >= 11 is 0. The van der Waals surface area contributed by atoms with Crippen LogP contribution in [0.3, 0.4) is 0 Å². The fourth-order valence-electron chi connectivity index (χ4n) is 2.14. The van der Waals surface area contributed by atoms with Gasteiger partial charge in [-0.25, -0.2) is 4.98 Å². The summed E-state index contributed by atoms with van der Waals surface area (Å²) in [4.78, 5) is 8.74. The lowest BCUT2D eigenvalue weighted by atomic mass is 10.2. The lowest BCUT2D eigenvalue weighted by molar-refractivity contribution is 0.414. The van der Waals surface area contributed by atoms with Crippen LogP contribution in [0.25, 0.3) is 10.9 Å². The molecule has 0 spiro atoms. The third-order valence-corrected chi connectivity index (χ3v) is 3.22. The van der Waals surface area contributed by atoms with Gasteiger partial charge in [0, 0.05) is 11.9 Å². The molecular weight excluding hydrogens is 264 g/mol. The largest absolute Gasteiger partial charge is 0.497 e. The van der Waals surface area contributed by atoms with Gasteiger partial charge in [-0.2, -0.15) is 4.98 Å². The molecule has 3 N–H and O–H groups in total. The maximum absolute atomic E-state index is 5.96. The molecule has 0 radical (unpaired) electrons. The van der Waals surface area contributed by atoms with Gasteiger partial charge in [0.15, 0.2) is 0 Å². The van der Waals surface area contributed by atoms with E-state index >= 15 is 0 Å². The number of nitrogens with two attached hydrogens (primary N) is 1. The molecule has 0 bridgehead atoms. The second-order valence-corrected chi connectivity index (χ2v) is 4.65. The third-order valence-electron chi connectivity index (χ3n) is 3.22. The highest BCUT2D eigenvalue weighted by Gasteiger charge is 2.04. The fourth-order valence-corrected chi connectivity index (χ4v) is 2.14. The molecule has 5 nitrogen and oxygen atoms in total. The van der Waals surface area contributed by atoms with Crippen LogP contribution < -0.4 is 15.8 Å². The Morgan fingerprint density at radius 1 is 1.10 bits per heavy atom. The van der Waals surface area contributed by atoms with Crippen molar-refractivity contribution in [1.82, 2.24) is 9.97 Å². The summed E-state index contributed by atoms with van der Waals surface area (Å²) in [6.07, 6.45) is 0. The van der Waals surface area contributed by atoms with Gasteiger partial charge in [-0.05, 0) is 29.8 Å². The normalized spacial score (nSPS) is 10.5. The van der Waals surface area contributed by atoms with Gasteiger partial charge in [-0.15, -0.1) is 0 Å². The summed E-state index contributed by atoms with van der Waals surface area (Å²) < 4.78 is 5.20. The smallest absolute Gasteiger partial charge is 0.225 e.